The van der Waals surface area contributed by atoms with E-state index in [1.165, 1.54) is 7.11 Å². The van der Waals surface area contributed by atoms with Crippen LogP contribution in [-0.2, 0) is 23.9 Å². The maximum absolute atomic E-state index is 12.0. The molecular weight excluding hydrogens is 294 g/mol. The fourth-order valence-corrected chi connectivity index (χ4v) is 1.80. The molecule has 1 heterocycles. The van der Waals surface area contributed by atoms with Crippen molar-refractivity contribution in [1.82, 2.24) is 15.8 Å². The van der Waals surface area contributed by atoms with Gasteiger partial charge in [-0.05, 0) is 20.8 Å². The highest BCUT2D eigenvalue weighted by Gasteiger charge is 2.33. The summed E-state index contributed by atoms with van der Waals surface area (Å²) in [7, 11) is 1.21. The number of carbonyl (C=O) groups excluding carboxylic acids is 4. The molecule has 3 amide bonds. The first-order valence-corrected chi connectivity index (χ1v) is 6.77. The minimum Gasteiger partial charge on any atom is -0.469 e. The largest absolute Gasteiger partial charge is 0.469 e. The van der Waals surface area contributed by atoms with Gasteiger partial charge in [-0.3, -0.25) is 24.8 Å². The highest BCUT2D eigenvalue weighted by atomic mass is 16.6. The van der Waals surface area contributed by atoms with Gasteiger partial charge in [0.2, 0.25) is 5.91 Å². The summed E-state index contributed by atoms with van der Waals surface area (Å²) >= 11 is 0. The highest BCUT2D eigenvalue weighted by Crippen LogP contribution is 2.12. The average Bonchev–Trinajstić information content (AvgIpc) is 2.41. The Balaban J connectivity index is 2.52. The minimum atomic E-state index is -0.742. The summed E-state index contributed by atoms with van der Waals surface area (Å²) in [6.45, 7) is 4.72. The first-order chi connectivity index (χ1) is 10.1. The molecule has 0 spiro atoms. The van der Waals surface area contributed by atoms with Crippen LogP contribution in [0.1, 0.15) is 27.2 Å². The number of methoxy groups -OCH3 is 1. The lowest BCUT2D eigenvalue weighted by Gasteiger charge is -2.31. The SMILES string of the molecule is COC(=O)C1CC(=O)NN(C(=O)CNC(=O)OC(C)(C)C)C1. The van der Waals surface area contributed by atoms with Crippen LogP contribution >= 0.6 is 0 Å². The predicted molar refractivity (Wildman–Crippen MR) is 74.2 cm³/mol. The molecule has 124 valence electrons. The van der Waals surface area contributed by atoms with E-state index in [1.807, 2.05) is 0 Å². The van der Waals surface area contributed by atoms with Gasteiger partial charge in [0.25, 0.3) is 5.91 Å². The second-order valence-electron chi connectivity index (χ2n) is 5.82. The summed E-state index contributed by atoms with van der Waals surface area (Å²) in [5.41, 5.74) is 1.66. The number of alkyl carbamates (subject to hydrolysis) is 1. The Morgan fingerprint density at radius 3 is 2.55 bits per heavy atom. The standard InChI is InChI=1S/C13H21N3O6/c1-13(2,3)22-12(20)14-6-10(18)16-7-8(11(19)21-4)5-9(17)15-16/h8H,5-7H2,1-4H3,(H,14,20)(H,15,17). The smallest absolute Gasteiger partial charge is 0.408 e. The van der Waals surface area contributed by atoms with Crippen molar-refractivity contribution in [3.05, 3.63) is 0 Å². The van der Waals surface area contributed by atoms with Crippen LogP contribution < -0.4 is 10.7 Å². The molecule has 0 radical (unpaired) electrons. The van der Waals surface area contributed by atoms with Gasteiger partial charge in [-0.2, -0.15) is 0 Å². The third-order valence-electron chi connectivity index (χ3n) is 2.71. The number of amides is 3. The molecule has 1 aliphatic heterocycles. The number of ether oxygens (including phenoxy) is 2. The molecule has 1 fully saturated rings. The van der Waals surface area contributed by atoms with Crippen LogP contribution in [0.25, 0.3) is 0 Å². The fraction of sp³-hybridized carbons (Fsp3) is 0.692. The Morgan fingerprint density at radius 2 is 2.00 bits per heavy atom. The fourth-order valence-electron chi connectivity index (χ4n) is 1.80. The second kappa shape index (κ2) is 7.10. The molecule has 1 aliphatic rings. The van der Waals surface area contributed by atoms with Crippen molar-refractivity contribution in [3.63, 3.8) is 0 Å². The molecule has 22 heavy (non-hydrogen) atoms. The van der Waals surface area contributed by atoms with E-state index < -0.39 is 35.4 Å². The van der Waals surface area contributed by atoms with E-state index >= 15 is 0 Å². The van der Waals surface area contributed by atoms with E-state index in [4.69, 9.17) is 4.74 Å². The summed E-state index contributed by atoms with van der Waals surface area (Å²) in [5, 5.41) is 3.28. The van der Waals surface area contributed by atoms with Crippen molar-refractivity contribution in [3.8, 4) is 0 Å². The zero-order valence-corrected chi connectivity index (χ0v) is 13.1. The molecule has 0 bridgehead atoms. The van der Waals surface area contributed by atoms with E-state index in [1.54, 1.807) is 20.8 Å². The number of hydrogen-bond acceptors (Lipinski definition) is 6. The van der Waals surface area contributed by atoms with Gasteiger partial charge >= 0.3 is 12.1 Å². The van der Waals surface area contributed by atoms with Gasteiger partial charge in [0.05, 0.1) is 19.6 Å². The number of carbonyl (C=O) groups is 4. The number of nitrogens with zero attached hydrogens (tertiary/aromatic N) is 1. The molecule has 0 aliphatic carbocycles. The number of rotatable bonds is 3. The van der Waals surface area contributed by atoms with Crippen molar-refractivity contribution in [2.45, 2.75) is 32.8 Å². The van der Waals surface area contributed by atoms with Crippen molar-refractivity contribution >= 4 is 23.9 Å². The van der Waals surface area contributed by atoms with Gasteiger partial charge in [-0.25, -0.2) is 4.79 Å². The van der Waals surface area contributed by atoms with Gasteiger partial charge in [-0.15, -0.1) is 0 Å². The summed E-state index contributed by atoms with van der Waals surface area (Å²) < 4.78 is 9.56. The zero-order valence-electron chi connectivity index (χ0n) is 13.1. The van der Waals surface area contributed by atoms with Crippen LogP contribution in [-0.4, -0.2) is 54.7 Å². The van der Waals surface area contributed by atoms with Crippen molar-refractivity contribution in [2.75, 3.05) is 20.2 Å². The van der Waals surface area contributed by atoms with Crippen LogP contribution in [0.2, 0.25) is 0 Å². The number of hydrazine groups is 1. The molecule has 9 heteroatoms. The average molecular weight is 315 g/mol. The molecule has 0 saturated carbocycles. The van der Waals surface area contributed by atoms with Crippen LogP contribution in [0.5, 0.6) is 0 Å². The third-order valence-corrected chi connectivity index (χ3v) is 2.71. The molecule has 2 N–H and O–H groups in total. The Kier molecular flexibility index (Phi) is 5.72. The number of nitrogens with one attached hydrogen (secondary N) is 2. The lowest BCUT2D eigenvalue weighted by molar-refractivity contribution is -0.156. The van der Waals surface area contributed by atoms with Crippen LogP contribution in [0.15, 0.2) is 0 Å². The molecule has 9 nitrogen and oxygen atoms in total. The second-order valence-corrected chi connectivity index (χ2v) is 5.82. The summed E-state index contributed by atoms with van der Waals surface area (Å²) in [5.74, 6) is -2.31. The quantitative estimate of drug-likeness (QED) is 0.683. The maximum atomic E-state index is 12.0. The Morgan fingerprint density at radius 1 is 1.36 bits per heavy atom. The number of hydrogen-bond donors (Lipinski definition) is 2. The topological polar surface area (TPSA) is 114 Å². The Labute approximate surface area is 128 Å². The Bertz CT molecular complexity index is 471. The number of esters is 1. The molecule has 1 rings (SSSR count). The van der Waals surface area contributed by atoms with Crippen molar-refractivity contribution in [1.29, 1.82) is 0 Å². The van der Waals surface area contributed by atoms with Gasteiger partial charge in [0.1, 0.15) is 12.1 Å². The predicted octanol–water partition coefficient (Wildman–Crippen LogP) is -0.436. The molecular formula is C13H21N3O6. The van der Waals surface area contributed by atoms with Gasteiger partial charge in [-0.1, -0.05) is 0 Å². The summed E-state index contributed by atoms with van der Waals surface area (Å²) in [6, 6.07) is 0. The van der Waals surface area contributed by atoms with Gasteiger partial charge < -0.3 is 14.8 Å². The van der Waals surface area contributed by atoms with Crippen LogP contribution in [0, 0.1) is 5.92 Å². The lowest BCUT2D eigenvalue weighted by atomic mass is 10.0. The molecule has 1 atom stereocenters. The third kappa shape index (κ3) is 5.58. The van der Waals surface area contributed by atoms with Gasteiger partial charge in [0, 0.05) is 6.42 Å². The summed E-state index contributed by atoms with van der Waals surface area (Å²) in [4.78, 5) is 46.4. The first kappa shape index (κ1) is 17.7. The molecule has 1 saturated heterocycles. The summed E-state index contributed by atoms with van der Waals surface area (Å²) in [6.07, 6.45) is -0.788. The molecule has 1 unspecified atom stereocenters. The molecule has 0 aromatic carbocycles. The van der Waals surface area contributed by atoms with E-state index in [0.29, 0.717) is 0 Å². The highest BCUT2D eigenvalue weighted by molar-refractivity contribution is 5.89. The Hall–Kier alpha value is -2.32. The molecule has 0 aromatic rings. The van der Waals surface area contributed by atoms with E-state index in [-0.39, 0.29) is 19.5 Å². The van der Waals surface area contributed by atoms with E-state index in [2.05, 4.69) is 15.5 Å². The van der Waals surface area contributed by atoms with E-state index in [9.17, 15) is 19.2 Å². The van der Waals surface area contributed by atoms with Crippen LogP contribution in [0.4, 0.5) is 4.79 Å². The maximum Gasteiger partial charge on any atom is 0.408 e. The normalized spacial score (nSPS) is 18.3. The van der Waals surface area contributed by atoms with Gasteiger partial charge in [0.15, 0.2) is 0 Å². The minimum absolute atomic E-state index is 0.00670. The van der Waals surface area contributed by atoms with E-state index in [0.717, 1.165) is 5.01 Å². The van der Waals surface area contributed by atoms with Crippen molar-refractivity contribution < 1.29 is 28.7 Å². The van der Waals surface area contributed by atoms with Crippen LogP contribution in [0.3, 0.4) is 0 Å². The van der Waals surface area contributed by atoms with Crippen molar-refractivity contribution in [2.24, 2.45) is 5.92 Å². The molecule has 0 aromatic heterocycles. The zero-order chi connectivity index (χ0) is 16.9. The monoisotopic (exact) mass is 315 g/mol. The first-order valence-electron chi connectivity index (χ1n) is 6.77. The lowest BCUT2D eigenvalue weighted by Crippen LogP contribution is -2.57.